The first-order chi connectivity index (χ1) is 11.6. The molecule has 2 aliphatic rings. The third kappa shape index (κ3) is 2.43. The summed E-state index contributed by atoms with van der Waals surface area (Å²) in [5.74, 6) is 0.386. The maximum absolute atomic E-state index is 12.5. The van der Waals surface area contributed by atoms with E-state index in [4.69, 9.17) is 4.74 Å². The van der Waals surface area contributed by atoms with Crippen molar-refractivity contribution in [2.75, 3.05) is 19.8 Å². The SMILES string of the molecule is Oc1ccc2c(c1O)-c1cc(OCCF)cc3c1[C@@H](C2)N(I)CC3. The van der Waals surface area contributed by atoms with Gasteiger partial charge in [-0.25, -0.2) is 7.50 Å². The first-order valence-electron chi connectivity index (χ1n) is 7.92. The molecule has 0 unspecified atom stereocenters. The van der Waals surface area contributed by atoms with Crippen LogP contribution >= 0.6 is 22.9 Å². The zero-order valence-electron chi connectivity index (χ0n) is 12.9. The van der Waals surface area contributed by atoms with Gasteiger partial charge in [0.05, 0.1) is 0 Å². The van der Waals surface area contributed by atoms with E-state index in [9.17, 15) is 14.6 Å². The average Bonchev–Trinajstić information content (AvgIpc) is 2.59. The number of nitrogens with zero attached hydrogens (tertiary/aromatic N) is 1. The fourth-order valence-corrected chi connectivity index (χ4v) is 4.47. The van der Waals surface area contributed by atoms with Gasteiger partial charge >= 0.3 is 0 Å². The molecule has 1 atom stereocenters. The molecule has 0 spiro atoms. The number of phenolic OH excluding ortho intramolecular Hbond substituents is 2. The van der Waals surface area contributed by atoms with Gasteiger partial charge in [-0.15, -0.1) is 0 Å². The monoisotopic (exact) mass is 441 g/mol. The van der Waals surface area contributed by atoms with Gasteiger partial charge in [-0.2, -0.15) is 0 Å². The van der Waals surface area contributed by atoms with E-state index in [1.165, 1.54) is 17.2 Å². The molecule has 1 heterocycles. The molecule has 0 fully saturated rings. The van der Waals surface area contributed by atoms with Gasteiger partial charge in [0.25, 0.3) is 0 Å². The summed E-state index contributed by atoms with van der Waals surface area (Å²) >= 11 is 2.35. The summed E-state index contributed by atoms with van der Waals surface area (Å²) in [7, 11) is 0. The highest BCUT2D eigenvalue weighted by atomic mass is 127. The Hall–Kier alpha value is -1.54. The smallest absolute Gasteiger partial charge is 0.165 e. The number of rotatable bonds is 3. The number of hydrogen-bond acceptors (Lipinski definition) is 4. The van der Waals surface area contributed by atoms with Crippen molar-refractivity contribution in [3.63, 3.8) is 0 Å². The normalized spacial score (nSPS) is 18.8. The molecule has 4 rings (SSSR count). The summed E-state index contributed by atoms with van der Waals surface area (Å²) in [4.78, 5) is 0. The number of halogens is 2. The number of aromatic hydroxyl groups is 2. The quantitative estimate of drug-likeness (QED) is 0.431. The highest BCUT2D eigenvalue weighted by Gasteiger charge is 2.35. The number of phenols is 2. The fraction of sp³-hybridized carbons (Fsp3) is 0.333. The van der Waals surface area contributed by atoms with Gasteiger partial charge in [0.2, 0.25) is 0 Å². The van der Waals surface area contributed by atoms with Crippen LogP contribution in [0.3, 0.4) is 0 Å². The van der Waals surface area contributed by atoms with Gasteiger partial charge in [0.15, 0.2) is 11.5 Å². The van der Waals surface area contributed by atoms with Crippen molar-refractivity contribution in [1.29, 1.82) is 0 Å². The van der Waals surface area contributed by atoms with Crippen LogP contribution in [0.1, 0.15) is 22.7 Å². The van der Waals surface area contributed by atoms with Crippen LogP contribution in [0.4, 0.5) is 4.39 Å². The minimum atomic E-state index is -0.542. The second kappa shape index (κ2) is 6.07. The Morgan fingerprint density at radius 1 is 1.25 bits per heavy atom. The van der Waals surface area contributed by atoms with Crippen LogP contribution in [0.25, 0.3) is 11.1 Å². The van der Waals surface area contributed by atoms with E-state index < -0.39 is 6.67 Å². The lowest BCUT2D eigenvalue weighted by Gasteiger charge is -2.38. The predicted molar refractivity (Wildman–Crippen MR) is 97.6 cm³/mol. The zero-order chi connectivity index (χ0) is 16.8. The second-order valence-corrected chi connectivity index (χ2v) is 7.38. The Balaban J connectivity index is 1.95. The van der Waals surface area contributed by atoms with Crippen LogP contribution in [0.15, 0.2) is 24.3 Å². The van der Waals surface area contributed by atoms with Crippen molar-refractivity contribution in [3.8, 4) is 28.4 Å². The van der Waals surface area contributed by atoms with Gasteiger partial charge in [-0.3, -0.25) is 0 Å². The summed E-state index contributed by atoms with van der Waals surface area (Å²) in [6.07, 6.45) is 1.67. The average molecular weight is 441 g/mol. The van der Waals surface area contributed by atoms with E-state index in [-0.39, 0.29) is 24.1 Å². The van der Waals surface area contributed by atoms with E-state index >= 15 is 0 Å². The molecule has 2 aromatic carbocycles. The molecule has 2 aromatic rings. The predicted octanol–water partition coefficient (Wildman–Crippen LogP) is 3.92. The number of alkyl halides is 1. The number of hydrogen-bond donors (Lipinski definition) is 2. The van der Waals surface area contributed by atoms with Crippen LogP contribution in [0.2, 0.25) is 0 Å². The summed E-state index contributed by atoms with van der Waals surface area (Å²) in [5, 5.41) is 20.4. The molecule has 0 radical (unpaired) electrons. The third-order valence-corrected chi connectivity index (χ3v) is 5.93. The van der Waals surface area contributed by atoms with Gasteiger partial charge in [0, 0.05) is 41.0 Å². The molecule has 1 aliphatic heterocycles. The summed E-state index contributed by atoms with van der Waals surface area (Å²) in [5.41, 5.74) is 4.89. The summed E-state index contributed by atoms with van der Waals surface area (Å²) in [6, 6.07) is 7.46. The lowest BCUT2D eigenvalue weighted by atomic mass is 9.77. The third-order valence-electron chi connectivity index (χ3n) is 4.78. The minimum Gasteiger partial charge on any atom is -0.504 e. The van der Waals surface area contributed by atoms with E-state index in [1.807, 2.05) is 18.2 Å². The molecule has 1 aliphatic carbocycles. The molecule has 2 N–H and O–H groups in total. The first kappa shape index (κ1) is 16.0. The maximum atomic E-state index is 12.5. The van der Waals surface area contributed by atoms with Gasteiger partial charge in [0.1, 0.15) is 19.0 Å². The second-order valence-electron chi connectivity index (χ2n) is 6.14. The number of benzene rings is 2. The molecule has 6 heteroatoms. The number of ether oxygens (including phenoxy) is 1. The Morgan fingerprint density at radius 3 is 2.88 bits per heavy atom. The molecule has 0 bridgehead atoms. The van der Waals surface area contributed by atoms with Crippen LogP contribution in [0.5, 0.6) is 17.2 Å². The molecule has 4 nitrogen and oxygen atoms in total. The van der Waals surface area contributed by atoms with Gasteiger partial charge in [-0.05, 0) is 53.3 Å². The molecular weight excluding hydrogens is 424 g/mol. The summed E-state index contributed by atoms with van der Waals surface area (Å²) in [6.45, 7) is 0.405. The van der Waals surface area contributed by atoms with E-state index in [2.05, 4.69) is 26.0 Å². The topological polar surface area (TPSA) is 52.9 Å². The van der Waals surface area contributed by atoms with Crippen molar-refractivity contribution in [1.82, 2.24) is 3.11 Å². The molecule has 0 saturated heterocycles. The van der Waals surface area contributed by atoms with Crippen LogP contribution in [0, 0.1) is 0 Å². The molecule has 24 heavy (non-hydrogen) atoms. The van der Waals surface area contributed by atoms with Crippen LogP contribution in [-0.2, 0) is 12.8 Å². The van der Waals surface area contributed by atoms with Crippen molar-refractivity contribution < 1.29 is 19.3 Å². The molecule has 126 valence electrons. The molecule has 0 aromatic heterocycles. The molecule has 0 saturated carbocycles. The van der Waals surface area contributed by atoms with E-state index in [0.717, 1.165) is 30.5 Å². The lowest BCUT2D eigenvalue weighted by Crippen LogP contribution is -2.31. The van der Waals surface area contributed by atoms with Crippen LogP contribution < -0.4 is 4.74 Å². The Morgan fingerprint density at radius 2 is 2.08 bits per heavy atom. The highest BCUT2D eigenvalue weighted by Crippen LogP contribution is 2.52. The molecule has 0 amide bonds. The first-order valence-corrected chi connectivity index (χ1v) is 8.89. The largest absolute Gasteiger partial charge is 0.504 e. The van der Waals surface area contributed by atoms with Crippen LogP contribution in [-0.4, -0.2) is 33.2 Å². The van der Waals surface area contributed by atoms with E-state index in [0.29, 0.717) is 11.3 Å². The summed E-state index contributed by atoms with van der Waals surface area (Å²) < 4.78 is 20.3. The van der Waals surface area contributed by atoms with Crippen molar-refractivity contribution in [3.05, 3.63) is 41.0 Å². The fourth-order valence-electron chi connectivity index (χ4n) is 3.76. The van der Waals surface area contributed by atoms with Crippen molar-refractivity contribution >= 4 is 22.9 Å². The van der Waals surface area contributed by atoms with Crippen molar-refractivity contribution in [2.24, 2.45) is 0 Å². The van der Waals surface area contributed by atoms with Gasteiger partial charge in [-0.1, -0.05) is 6.07 Å². The zero-order valence-corrected chi connectivity index (χ0v) is 15.1. The Bertz CT molecular complexity index is 811. The number of fused-ring (bicyclic) bond motifs is 2. The lowest BCUT2D eigenvalue weighted by molar-refractivity contribution is 0.272. The standard InChI is InChI=1S/C18H17FINO3/c19-4-6-24-12-7-11-3-5-21(20)14-8-10-1-2-15(22)18(23)17(10)13(9-12)16(11)14/h1-2,7,9,14,22-23H,3-6,8H2/t14-/m1/s1. The minimum absolute atomic E-state index is 0.0128. The molecular formula is C18H17FINO3. The highest BCUT2D eigenvalue weighted by molar-refractivity contribution is 14.1. The Kier molecular flexibility index (Phi) is 4.04. The maximum Gasteiger partial charge on any atom is 0.165 e. The van der Waals surface area contributed by atoms with Crippen molar-refractivity contribution in [2.45, 2.75) is 18.9 Å². The van der Waals surface area contributed by atoms with Gasteiger partial charge < -0.3 is 14.9 Å². The van der Waals surface area contributed by atoms with E-state index in [1.54, 1.807) is 0 Å². The Labute approximate surface area is 153 Å².